The monoisotopic (exact) mass is 259 g/mol. The molecular weight excluding hydrogens is 242 g/mol. The van der Waals surface area contributed by atoms with Gasteiger partial charge in [-0.15, -0.1) is 0 Å². The molecule has 0 aliphatic carbocycles. The topological polar surface area (TPSA) is 78.6 Å². The Morgan fingerprint density at radius 2 is 1.94 bits per heavy atom. The minimum atomic E-state index is -3.27. The fourth-order valence-electron chi connectivity index (χ4n) is 1.25. The Hall–Kier alpha value is -1.27. The summed E-state index contributed by atoms with van der Waals surface area (Å²) in [6.07, 6.45) is 1.13. The van der Waals surface area contributed by atoms with Gasteiger partial charge in [-0.3, -0.25) is 0 Å². The molecule has 5 nitrogen and oxygen atoms in total. The van der Waals surface area contributed by atoms with Gasteiger partial charge in [0, 0.05) is 24.6 Å². The standard InChI is InChI=1S/C11H17NO4S/c1-3-15-4-5-16-10-6-9(12)7-11(8-10)17(2,13)14/h6-8H,3-5,12H2,1-2H3. The molecule has 6 heteroatoms. The van der Waals surface area contributed by atoms with E-state index in [0.717, 1.165) is 6.26 Å². The van der Waals surface area contributed by atoms with Gasteiger partial charge in [0.2, 0.25) is 0 Å². The maximum absolute atomic E-state index is 11.4. The summed E-state index contributed by atoms with van der Waals surface area (Å²) in [5, 5.41) is 0. The Bertz CT molecular complexity index is 470. The van der Waals surface area contributed by atoms with Gasteiger partial charge in [0.25, 0.3) is 0 Å². The van der Waals surface area contributed by atoms with Crippen LogP contribution in [0, 0.1) is 0 Å². The molecule has 0 heterocycles. The molecule has 96 valence electrons. The molecule has 0 fully saturated rings. The minimum Gasteiger partial charge on any atom is -0.491 e. The van der Waals surface area contributed by atoms with Crippen LogP contribution in [0.15, 0.2) is 23.1 Å². The van der Waals surface area contributed by atoms with E-state index < -0.39 is 9.84 Å². The summed E-state index contributed by atoms with van der Waals surface area (Å²) in [7, 11) is -3.27. The molecule has 1 aromatic rings. The quantitative estimate of drug-likeness (QED) is 0.611. The summed E-state index contributed by atoms with van der Waals surface area (Å²) in [6, 6.07) is 4.45. The highest BCUT2D eigenvalue weighted by Gasteiger charge is 2.09. The zero-order chi connectivity index (χ0) is 12.9. The summed E-state index contributed by atoms with van der Waals surface area (Å²) < 4.78 is 33.2. The summed E-state index contributed by atoms with van der Waals surface area (Å²) in [5.74, 6) is 0.435. The van der Waals surface area contributed by atoms with E-state index in [1.165, 1.54) is 12.1 Å². The van der Waals surface area contributed by atoms with Crippen LogP contribution in [0.1, 0.15) is 6.92 Å². The van der Waals surface area contributed by atoms with Crippen LogP contribution in [-0.2, 0) is 14.6 Å². The van der Waals surface area contributed by atoms with Crippen LogP contribution in [-0.4, -0.2) is 34.5 Å². The summed E-state index contributed by atoms with van der Waals surface area (Å²) in [6.45, 7) is 3.33. The van der Waals surface area contributed by atoms with Crippen molar-refractivity contribution in [2.75, 3.05) is 31.8 Å². The highest BCUT2D eigenvalue weighted by molar-refractivity contribution is 7.90. The predicted molar refractivity (Wildman–Crippen MR) is 66.0 cm³/mol. The van der Waals surface area contributed by atoms with Gasteiger partial charge in [-0.1, -0.05) is 0 Å². The number of hydrogen-bond donors (Lipinski definition) is 1. The Labute approximate surface area is 101 Å². The zero-order valence-corrected chi connectivity index (χ0v) is 10.8. The molecule has 0 saturated heterocycles. The summed E-state index contributed by atoms with van der Waals surface area (Å²) in [4.78, 5) is 0.156. The van der Waals surface area contributed by atoms with Gasteiger partial charge in [0.1, 0.15) is 12.4 Å². The first-order chi connectivity index (χ1) is 7.93. The number of benzene rings is 1. The summed E-state index contributed by atoms with van der Waals surface area (Å²) in [5.41, 5.74) is 5.97. The molecule has 0 amide bonds. The fourth-order valence-corrected chi connectivity index (χ4v) is 1.93. The van der Waals surface area contributed by atoms with Crippen LogP contribution in [0.4, 0.5) is 5.69 Å². The number of nitrogen functional groups attached to an aromatic ring is 1. The fraction of sp³-hybridized carbons (Fsp3) is 0.455. The number of sulfone groups is 1. The SMILES string of the molecule is CCOCCOc1cc(N)cc(S(C)(=O)=O)c1. The van der Waals surface area contributed by atoms with Gasteiger partial charge in [0.05, 0.1) is 11.5 Å². The van der Waals surface area contributed by atoms with Gasteiger partial charge in [-0.05, 0) is 19.1 Å². The van der Waals surface area contributed by atoms with E-state index in [-0.39, 0.29) is 4.90 Å². The van der Waals surface area contributed by atoms with Crippen molar-refractivity contribution in [3.05, 3.63) is 18.2 Å². The normalized spacial score (nSPS) is 11.4. The first kappa shape index (κ1) is 13.8. The molecule has 1 rings (SSSR count). The third-order valence-corrected chi connectivity index (χ3v) is 3.12. The summed E-state index contributed by atoms with van der Waals surface area (Å²) >= 11 is 0. The van der Waals surface area contributed by atoms with Crippen molar-refractivity contribution in [1.82, 2.24) is 0 Å². The van der Waals surface area contributed by atoms with Crippen molar-refractivity contribution in [1.29, 1.82) is 0 Å². The van der Waals surface area contributed by atoms with E-state index in [2.05, 4.69) is 0 Å². The highest BCUT2D eigenvalue weighted by atomic mass is 32.2. The first-order valence-electron chi connectivity index (χ1n) is 5.24. The predicted octanol–water partition coefficient (Wildman–Crippen LogP) is 1.09. The second-order valence-corrected chi connectivity index (χ2v) is 5.57. The molecule has 0 spiro atoms. The molecule has 0 bridgehead atoms. The molecule has 0 atom stereocenters. The highest BCUT2D eigenvalue weighted by Crippen LogP contribution is 2.22. The second-order valence-electron chi connectivity index (χ2n) is 3.56. The lowest BCUT2D eigenvalue weighted by Gasteiger charge is -2.08. The number of nitrogens with two attached hydrogens (primary N) is 1. The Kier molecular flexibility index (Phi) is 4.77. The van der Waals surface area contributed by atoms with Crippen molar-refractivity contribution >= 4 is 15.5 Å². The van der Waals surface area contributed by atoms with Crippen LogP contribution in [0.3, 0.4) is 0 Å². The lowest BCUT2D eigenvalue weighted by molar-refractivity contribution is 0.110. The van der Waals surface area contributed by atoms with E-state index in [1.807, 2.05) is 6.92 Å². The van der Waals surface area contributed by atoms with Crippen molar-refractivity contribution in [2.45, 2.75) is 11.8 Å². The largest absolute Gasteiger partial charge is 0.491 e. The maximum atomic E-state index is 11.4. The van der Waals surface area contributed by atoms with Crippen molar-refractivity contribution in [3.63, 3.8) is 0 Å². The molecule has 0 saturated carbocycles. The lowest BCUT2D eigenvalue weighted by atomic mass is 10.3. The van der Waals surface area contributed by atoms with E-state index >= 15 is 0 Å². The third-order valence-electron chi connectivity index (χ3n) is 2.03. The van der Waals surface area contributed by atoms with Crippen molar-refractivity contribution < 1.29 is 17.9 Å². The minimum absolute atomic E-state index is 0.156. The number of ether oxygens (including phenoxy) is 2. The Morgan fingerprint density at radius 1 is 1.24 bits per heavy atom. The van der Waals surface area contributed by atoms with E-state index in [1.54, 1.807) is 6.07 Å². The number of hydrogen-bond acceptors (Lipinski definition) is 5. The van der Waals surface area contributed by atoms with Gasteiger partial charge in [0.15, 0.2) is 9.84 Å². The van der Waals surface area contributed by atoms with Gasteiger partial charge in [-0.2, -0.15) is 0 Å². The smallest absolute Gasteiger partial charge is 0.175 e. The lowest BCUT2D eigenvalue weighted by Crippen LogP contribution is -2.07. The van der Waals surface area contributed by atoms with E-state index in [0.29, 0.717) is 31.3 Å². The van der Waals surface area contributed by atoms with Crippen LogP contribution in [0.25, 0.3) is 0 Å². The number of rotatable bonds is 6. The molecular formula is C11H17NO4S. The van der Waals surface area contributed by atoms with Crippen molar-refractivity contribution in [2.24, 2.45) is 0 Å². The molecule has 0 aliphatic heterocycles. The molecule has 0 aliphatic rings. The van der Waals surface area contributed by atoms with Crippen LogP contribution in [0.2, 0.25) is 0 Å². The van der Waals surface area contributed by atoms with Gasteiger partial charge in [-0.25, -0.2) is 8.42 Å². The van der Waals surface area contributed by atoms with E-state index in [9.17, 15) is 8.42 Å². The molecule has 1 aromatic carbocycles. The van der Waals surface area contributed by atoms with Gasteiger partial charge >= 0.3 is 0 Å². The molecule has 0 unspecified atom stereocenters. The van der Waals surface area contributed by atoms with Gasteiger partial charge < -0.3 is 15.2 Å². The van der Waals surface area contributed by atoms with E-state index in [4.69, 9.17) is 15.2 Å². The average Bonchev–Trinajstić information content (AvgIpc) is 2.22. The van der Waals surface area contributed by atoms with Crippen molar-refractivity contribution in [3.8, 4) is 5.75 Å². The third kappa shape index (κ3) is 4.62. The molecule has 0 radical (unpaired) electrons. The van der Waals surface area contributed by atoms with Crippen LogP contribution >= 0.6 is 0 Å². The molecule has 0 aromatic heterocycles. The zero-order valence-electron chi connectivity index (χ0n) is 9.97. The second kappa shape index (κ2) is 5.88. The number of anilines is 1. The first-order valence-corrected chi connectivity index (χ1v) is 7.14. The molecule has 17 heavy (non-hydrogen) atoms. The maximum Gasteiger partial charge on any atom is 0.175 e. The Balaban J connectivity index is 2.77. The van der Waals surface area contributed by atoms with Crippen LogP contribution < -0.4 is 10.5 Å². The Morgan fingerprint density at radius 3 is 2.53 bits per heavy atom. The molecule has 2 N–H and O–H groups in total. The average molecular weight is 259 g/mol. The van der Waals surface area contributed by atoms with Crippen LogP contribution in [0.5, 0.6) is 5.75 Å².